The zero-order valence-corrected chi connectivity index (χ0v) is 14.6. The molecule has 2 aromatic rings. The monoisotopic (exact) mass is 339 g/mol. The Kier molecular flexibility index (Phi) is 4.97. The van der Waals surface area contributed by atoms with Gasteiger partial charge in [-0.2, -0.15) is 0 Å². The topological polar surface area (TPSA) is 72.8 Å². The van der Waals surface area contributed by atoms with E-state index in [0.717, 1.165) is 16.7 Å². The molecule has 0 saturated carbocycles. The molecule has 1 aliphatic heterocycles. The quantitative estimate of drug-likeness (QED) is 0.908. The molecule has 1 N–H and O–H groups in total. The van der Waals surface area contributed by atoms with Crippen molar-refractivity contribution in [3.63, 3.8) is 0 Å². The summed E-state index contributed by atoms with van der Waals surface area (Å²) in [7, 11) is 3.12. The number of carbonyl (C=O) groups is 1. The second-order valence-corrected chi connectivity index (χ2v) is 5.86. The molecule has 0 spiro atoms. The minimum absolute atomic E-state index is 0.0616. The van der Waals surface area contributed by atoms with Crippen molar-refractivity contribution in [2.75, 3.05) is 14.2 Å². The van der Waals surface area contributed by atoms with E-state index in [-0.39, 0.29) is 18.4 Å². The van der Waals surface area contributed by atoms with Gasteiger partial charge in [-0.1, -0.05) is 30.3 Å². The van der Waals surface area contributed by atoms with Crippen molar-refractivity contribution in [3.8, 4) is 5.88 Å². The molecule has 1 aromatic heterocycles. The van der Waals surface area contributed by atoms with Gasteiger partial charge in [0.25, 0.3) is 0 Å². The lowest BCUT2D eigenvalue weighted by Crippen LogP contribution is -2.28. The summed E-state index contributed by atoms with van der Waals surface area (Å²) in [5, 5.41) is 3.00. The molecular formula is C19H21N3O3. The smallest absolute Gasteiger partial charge is 0.226 e. The zero-order valence-electron chi connectivity index (χ0n) is 14.6. The van der Waals surface area contributed by atoms with Gasteiger partial charge < -0.3 is 14.8 Å². The van der Waals surface area contributed by atoms with Crippen LogP contribution in [0.1, 0.15) is 35.3 Å². The lowest BCUT2D eigenvalue weighted by atomic mass is 10.1. The van der Waals surface area contributed by atoms with E-state index >= 15 is 0 Å². The molecule has 0 aliphatic carbocycles. The van der Waals surface area contributed by atoms with Gasteiger partial charge in [-0.05, 0) is 24.1 Å². The fraction of sp³-hybridized carbons (Fsp3) is 0.316. The molecule has 130 valence electrons. The third-order valence-electron chi connectivity index (χ3n) is 4.13. The maximum Gasteiger partial charge on any atom is 0.226 e. The number of hydrogen-bond donors (Lipinski definition) is 1. The summed E-state index contributed by atoms with van der Waals surface area (Å²) in [6, 6.07) is 11.7. The van der Waals surface area contributed by atoms with Gasteiger partial charge in [-0.3, -0.25) is 4.79 Å². The van der Waals surface area contributed by atoms with Crippen LogP contribution in [0.15, 0.2) is 41.4 Å². The number of benzene rings is 1. The molecular weight excluding hydrogens is 318 g/mol. The molecule has 0 unspecified atom stereocenters. The van der Waals surface area contributed by atoms with E-state index < -0.39 is 0 Å². The third-order valence-corrected chi connectivity index (χ3v) is 4.13. The number of hydrogen-bond acceptors (Lipinski definition) is 5. The molecule has 0 fully saturated rings. The highest BCUT2D eigenvalue weighted by Crippen LogP contribution is 2.28. The standard InChI is InChI=1S/C19H21N3O3/c1-12(13-7-5-4-6-8-13)21-16(23)10-15-9-14-11-20-18(24-2)17(14)19(22-15)25-3/h4-9,12H,10-11H2,1-3H3,(H,21,23)/t12-/m1/s1. The average molecular weight is 339 g/mol. The van der Waals surface area contributed by atoms with E-state index in [1.807, 2.05) is 43.3 Å². The number of ether oxygens (including phenoxy) is 2. The number of aliphatic imine (C=N–C) groups is 1. The lowest BCUT2D eigenvalue weighted by molar-refractivity contribution is -0.121. The van der Waals surface area contributed by atoms with E-state index in [4.69, 9.17) is 9.47 Å². The SMILES string of the molecule is COC1=NCc2cc(CC(=O)N[C@H](C)c3ccccc3)nc(OC)c21. The highest BCUT2D eigenvalue weighted by atomic mass is 16.5. The van der Waals surface area contributed by atoms with Crippen molar-refractivity contribution >= 4 is 11.8 Å². The predicted molar refractivity (Wildman–Crippen MR) is 94.7 cm³/mol. The highest BCUT2D eigenvalue weighted by Gasteiger charge is 2.24. The second kappa shape index (κ2) is 7.34. The largest absolute Gasteiger partial charge is 0.481 e. The van der Waals surface area contributed by atoms with Crippen LogP contribution >= 0.6 is 0 Å². The molecule has 1 atom stereocenters. The summed E-state index contributed by atoms with van der Waals surface area (Å²) < 4.78 is 10.6. The van der Waals surface area contributed by atoms with Crippen LogP contribution in [0.3, 0.4) is 0 Å². The molecule has 6 nitrogen and oxygen atoms in total. The number of nitrogens with one attached hydrogen (secondary N) is 1. The molecule has 0 bridgehead atoms. The van der Waals surface area contributed by atoms with Crippen LogP contribution in [0.2, 0.25) is 0 Å². The normalized spacial score (nSPS) is 13.6. The molecule has 1 aromatic carbocycles. The molecule has 25 heavy (non-hydrogen) atoms. The van der Waals surface area contributed by atoms with Gasteiger partial charge in [0.15, 0.2) is 0 Å². The van der Waals surface area contributed by atoms with Gasteiger partial charge in [0.2, 0.25) is 17.7 Å². The number of rotatable bonds is 5. The Hall–Kier alpha value is -2.89. The summed E-state index contributed by atoms with van der Waals surface area (Å²) >= 11 is 0. The highest BCUT2D eigenvalue weighted by molar-refractivity contribution is 5.99. The van der Waals surface area contributed by atoms with Crippen molar-refractivity contribution in [2.45, 2.75) is 25.9 Å². The van der Waals surface area contributed by atoms with Crippen molar-refractivity contribution in [3.05, 3.63) is 58.8 Å². The number of nitrogens with zero attached hydrogens (tertiary/aromatic N) is 2. The Labute approximate surface area is 146 Å². The van der Waals surface area contributed by atoms with Crippen LogP contribution < -0.4 is 10.1 Å². The van der Waals surface area contributed by atoms with Gasteiger partial charge in [0, 0.05) is 0 Å². The summed E-state index contributed by atoms with van der Waals surface area (Å²) in [5.41, 5.74) is 3.45. The van der Waals surface area contributed by atoms with E-state index in [2.05, 4.69) is 15.3 Å². The van der Waals surface area contributed by atoms with Gasteiger partial charge in [-0.25, -0.2) is 9.98 Å². The molecule has 0 radical (unpaired) electrons. The maximum atomic E-state index is 12.4. The first-order valence-corrected chi connectivity index (χ1v) is 8.12. The number of pyridine rings is 1. The van der Waals surface area contributed by atoms with Crippen molar-refractivity contribution in [2.24, 2.45) is 4.99 Å². The zero-order chi connectivity index (χ0) is 17.8. The molecule has 2 heterocycles. The molecule has 1 amide bonds. The first-order chi connectivity index (χ1) is 12.1. The molecule has 0 saturated heterocycles. The summed E-state index contributed by atoms with van der Waals surface area (Å²) in [5.74, 6) is 0.874. The fourth-order valence-corrected chi connectivity index (χ4v) is 2.91. The van der Waals surface area contributed by atoms with Crippen molar-refractivity contribution in [1.82, 2.24) is 10.3 Å². The van der Waals surface area contributed by atoms with Crippen LogP contribution in [-0.4, -0.2) is 31.0 Å². The van der Waals surface area contributed by atoms with Crippen LogP contribution in [0.25, 0.3) is 0 Å². The summed E-state index contributed by atoms with van der Waals surface area (Å²) in [4.78, 5) is 21.1. The fourth-order valence-electron chi connectivity index (χ4n) is 2.91. The van der Waals surface area contributed by atoms with Crippen molar-refractivity contribution < 1.29 is 14.3 Å². The first-order valence-electron chi connectivity index (χ1n) is 8.12. The van der Waals surface area contributed by atoms with Crippen LogP contribution in [-0.2, 0) is 22.5 Å². The van der Waals surface area contributed by atoms with Gasteiger partial charge >= 0.3 is 0 Å². The number of carbonyl (C=O) groups excluding carboxylic acids is 1. The molecule has 3 rings (SSSR count). The molecule has 1 aliphatic rings. The number of fused-ring (bicyclic) bond motifs is 1. The Bertz CT molecular complexity index is 803. The summed E-state index contributed by atoms with van der Waals surface area (Å²) in [6.07, 6.45) is 0.184. The van der Waals surface area contributed by atoms with Crippen molar-refractivity contribution in [1.29, 1.82) is 0 Å². The Balaban J connectivity index is 1.72. The first kappa shape index (κ1) is 17.0. The minimum Gasteiger partial charge on any atom is -0.481 e. The van der Waals surface area contributed by atoms with E-state index in [9.17, 15) is 4.79 Å². The van der Waals surface area contributed by atoms with Gasteiger partial charge in [-0.15, -0.1) is 0 Å². The molecule has 6 heteroatoms. The lowest BCUT2D eigenvalue weighted by Gasteiger charge is -2.15. The summed E-state index contributed by atoms with van der Waals surface area (Å²) in [6.45, 7) is 2.47. The van der Waals surface area contributed by atoms with Crippen LogP contribution in [0.4, 0.5) is 0 Å². The van der Waals surface area contributed by atoms with Gasteiger partial charge in [0.1, 0.15) is 5.56 Å². The maximum absolute atomic E-state index is 12.4. The third kappa shape index (κ3) is 3.63. The minimum atomic E-state index is -0.0864. The number of aromatic nitrogens is 1. The van der Waals surface area contributed by atoms with E-state index in [0.29, 0.717) is 24.0 Å². The second-order valence-electron chi connectivity index (χ2n) is 5.86. The van der Waals surface area contributed by atoms with Gasteiger partial charge in [0.05, 0.1) is 38.9 Å². The Morgan fingerprint density at radius 2 is 2.00 bits per heavy atom. The van der Waals surface area contributed by atoms with Crippen LogP contribution in [0.5, 0.6) is 5.88 Å². The Morgan fingerprint density at radius 3 is 2.68 bits per heavy atom. The number of amides is 1. The van der Waals surface area contributed by atoms with E-state index in [1.54, 1.807) is 14.2 Å². The average Bonchev–Trinajstić information content (AvgIpc) is 3.04. The Morgan fingerprint density at radius 1 is 1.24 bits per heavy atom. The van der Waals surface area contributed by atoms with Crippen LogP contribution in [0, 0.1) is 0 Å². The predicted octanol–water partition coefficient (Wildman–Crippen LogP) is 2.42. The number of methoxy groups -OCH3 is 2. The van der Waals surface area contributed by atoms with E-state index in [1.165, 1.54) is 0 Å².